The summed E-state index contributed by atoms with van der Waals surface area (Å²) in [7, 11) is 2.04. The summed E-state index contributed by atoms with van der Waals surface area (Å²) in [5.41, 5.74) is 3.73. The number of benzene rings is 1. The molecule has 1 aromatic heterocycles. The van der Waals surface area contributed by atoms with Gasteiger partial charge in [0, 0.05) is 7.05 Å². The molecule has 0 saturated carbocycles. The van der Waals surface area contributed by atoms with Crippen LogP contribution in [0, 0.1) is 0 Å². The van der Waals surface area contributed by atoms with Gasteiger partial charge in [-0.3, -0.25) is 0 Å². The van der Waals surface area contributed by atoms with E-state index in [0.29, 0.717) is 0 Å². The number of rotatable bonds is 1. The highest BCUT2D eigenvalue weighted by Crippen LogP contribution is 2.16. The van der Waals surface area contributed by atoms with Gasteiger partial charge in [0.15, 0.2) is 0 Å². The highest BCUT2D eigenvalue weighted by molar-refractivity contribution is 5.78. The lowest BCUT2D eigenvalue weighted by Gasteiger charge is -2.00. The normalized spacial score (nSPS) is 10.8. The molecular weight excluding hydrogens is 148 g/mol. The van der Waals surface area contributed by atoms with Gasteiger partial charge in [0.1, 0.15) is 0 Å². The summed E-state index contributed by atoms with van der Waals surface area (Å²) in [6.45, 7) is 2.17. The molecule has 0 saturated heterocycles. The highest BCUT2D eigenvalue weighted by atomic mass is 15.0. The van der Waals surface area contributed by atoms with Crippen molar-refractivity contribution in [3.05, 3.63) is 30.1 Å². The van der Waals surface area contributed by atoms with Gasteiger partial charge < -0.3 is 4.57 Å². The number of hydrogen-bond acceptors (Lipinski definition) is 1. The zero-order chi connectivity index (χ0) is 8.55. The minimum Gasteiger partial charge on any atom is -0.334 e. The van der Waals surface area contributed by atoms with Crippen LogP contribution in [0.25, 0.3) is 11.0 Å². The van der Waals surface area contributed by atoms with E-state index in [1.165, 1.54) is 11.1 Å². The molecule has 1 aromatic carbocycles. The van der Waals surface area contributed by atoms with Crippen molar-refractivity contribution in [1.29, 1.82) is 0 Å². The van der Waals surface area contributed by atoms with Gasteiger partial charge in [0.2, 0.25) is 0 Å². The molecule has 2 nitrogen and oxygen atoms in total. The first-order chi connectivity index (χ1) is 5.83. The van der Waals surface area contributed by atoms with Crippen molar-refractivity contribution in [2.75, 3.05) is 0 Å². The fraction of sp³-hybridized carbons (Fsp3) is 0.300. The Hall–Kier alpha value is -1.31. The van der Waals surface area contributed by atoms with Crippen LogP contribution in [0.2, 0.25) is 0 Å². The summed E-state index contributed by atoms with van der Waals surface area (Å²) in [5, 5.41) is 0. The molecule has 0 spiro atoms. The van der Waals surface area contributed by atoms with Gasteiger partial charge in [-0.2, -0.15) is 0 Å². The molecule has 2 aromatic rings. The molecule has 0 aliphatic rings. The first-order valence-electron chi connectivity index (χ1n) is 4.22. The number of fused-ring (bicyclic) bond motifs is 1. The van der Waals surface area contributed by atoms with Crippen molar-refractivity contribution < 1.29 is 0 Å². The van der Waals surface area contributed by atoms with Gasteiger partial charge in [-0.25, -0.2) is 4.98 Å². The van der Waals surface area contributed by atoms with E-state index in [-0.39, 0.29) is 0 Å². The quantitative estimate of drug-likeness (QED) is 0.625. The van der Waals surface area contributed by atoms with Gasteiger partial charge in [0.25, 0.3) is 0 Å². The molecule has 1 heterocycles. The van der Waals surface area contributed by atoms with E-state index in [2.05, 4.69) is 34.7 Å². The Morgan fingerprint density at radius 1 is 1.42 bits per heavy atom. The molecule has 12 heavy (non-hydrogen) atoms. The second-order valence-electron chi connectivity index (χ2n) is 2.99. The number of imidazole rings is 1. The number of para-hydroxylation sites is 1. The predicted molar refractivity (Wildman–Crippen MR) is 50.1 cm³/mol. The first kappa shape index (κ1) is 7.35. The molecule has 0 fully saturated rings. The predicted octanol–water partition coefficient (Wildman–Crippen LogP) is 2.14. The Balaban J connectivity index is 2.84. The summed E-state index contributed by atoms with van der Waals surface area (Å²) in [6.07, 6.45) is 2.93. The summed E-state index contributed by atoms with van der Waals surface area (Å²) < 4.78 is 2.08. The number of aromatic nitrogens is 2. The van der Waals surface area contributed by atoms with E-state index >= 15 is 0 Å². The number of hydrogen-bond donors (Lipinski definition) is 0. The molecule has 0 atom stereocenters. The third-order valence-electron chi connectivity index (χ3n) is 2.20. The molecule has 0 bridgehead atoms. The van der Waals surface area contributed by atoms with Crippen LogP contribution in [0.4, 0.5) is 0 Å². The third-order valence-corrected chi connectivity index (χ3v) is 2.20. The first-order valence-corrected chi connectivity index (χ1v) is 4.22. The maximum atomic E-state index is 4.29. The lowest BCUT2D eigenvalue weighted by molar-refractivity contribution is 0.937. The lowest BCUT2D eigenvalue weighted by atomic mass is 10.1. The Morgan fingerprint density at radius 2 is 2.25 bits per heavy atom. The van der Waals surface area contributed by atoms with Crippen LogP contribution < -0.4 is 0 Å². The Labute approximate surface area is 71.8 Å². The van der Waals surface area contributed by atoms with Crippen molar-refractivity contribution in [3.63, 3.8) is 0 Å². The molecule has 0 aliphatic heterocycles. The maximum absolute atomic E-state index is 4.29. The van der Waals surface area contributed by atoms with Crippen molar-refractivity contribution in [2.45, 2.75) is 13.3 Å². The average Bonchev–Trinajstić information content (AvgIpc) is 2.48. The monoisotopic (exact) mass is 160 g/mol. The van der Waals surface area contributed by atoms with E-state index in [1.54, 1.807) is 0 Å². The van der Waals surface area contributed by atoms with Crippen LogP contribution in [0.5, 0.6) is 0 Å². The van der Waals surface area contributed by atoms with Gasteiger partial charge in [0.05, 0.1) is 17.4 Å². The molecule has 2 rings (SSSR count). The standard InChI is InChI=1S/C10H12N2/c1-3-8-5-4-6-9-10(8)12(2)7-11-9/h4-7H,3H2,1-2H3. The molecule has 0 aliphatic carbocycles. The van der Waals surface area contributed by atoms with Crippen molar-refractivity contribution in [1.82, 2.24) is 9.55 Å². The van der Waals surface area contributed by atoms with Crippen molar-refractivity contribution >= 4 is 11.0 Å². The minimum atomic E-state index is 1.07. The van der Waals surface area contributed by atoms with Gasteiger partial charge in [-0.1, -0.05) is 19.1 Å². The van der Waals surface area contributed by atoms with Crippen LogP contribution in [0.1, 0.15) is 12.5 Å². The second kappa shape index (κ2) is 2.63. The molecule has 0 N–H and O–H groups in total. The Morgan fingerprint density at radius 3 is 3.00 bits per heavy atom. The largest absolute Gasteiger partial charge is 0.334 e. The maximum Gasteiger partial charge on any atom is 0.0955 e. The van der Waals surface area contributed by atoms with Gasteiger partial charge in [-0.15, -0.1) is 0 Å². The summed E-state index contributed by atoms with van der Waals surface area (Å²) in [6, 6.07) is 6.27. The molecular formula is C10H12N2. The smallest absolute Gasteiger partial charge is 0.0955 e. The van der Waals surface area contributed by atoms with Gasteiger partial charge in [-0.05, 0) is 18.1 Å². The highest BCUT2D eigenvalue weighted by Gasteiger charge is 2.02. The van der Waals surface area contributed by atoms with Crippen molar-refractivity contribution in [3.8, 4) is 0 Å². The van der Waals surface area contributed by atoms with E-state index in [1.807, 2.05) is 13.4 Å². The lowest BCUT2D eigenvalue weighted by Crippen LogP contribution is -1.89. The zero-order valence-electron chi connectivity index (χ0n) is 7.41. The summed E-state index contributed by atoms with van der Waals surface area (Å²) >= 11 is 0. The van der Waals surface area contributed by atoms with Crippen LogP contribution in [0.3, 0.4) is 0 Å². The fourth-order valence-corrected chi connectivity index (χ4v) is 1.58. The van der Waals surface area contributed by atoms with E-state index < -0.39 is 0 Å². The third kappa shape index (κ3) is 0.916. The Bertz CT molecular complexity index is 401. The molecule has 62 valence electrons. The van der Waals surface area contributed by atoms with E-state index in [0.717, 1.165) is 11.9 Å². The molecule has 2 heteroatoms. The molecule has 0 amide bonds. The van der Waals surface area contributed by atoms with Crippen LogP contribution in [-0.4, -0.2) is 9.55 Å². The topological polar surface area (TPSA) is 17.8 Å². The van der Waals surface area contributed by atoms with Crippen molar-refractivity contribution in [2.24, 2.45) is 7.05 Å². The SMILES string of the molecule is CCc1cccc2ncn(C)c12. The van der Waals surface area contributed by atoms with Crippen LogP contribution in [-0.2, 0) is 13.5 Å². The van der Waals surface area contributed by atoms with E-state index in [9.17, 15) is 0 Å². The van der Waals surface area contributed by atoms with Gasteiger partial charge >= 0.3 is 0 Å². The Kier molecular flexibility index (Phi) is 1.61. The minimum absolute atomic E-state index is 1.07. The second-order valence-corrected chi connectivity index (χ2v) is 2.99. The number of nitrogens with zero attached hydrogens (tertiary/aromatic N) is 2. The molecule has 0 unspecified atom stereocenters. The zero-order valence-corrected chi connectivity index (χ0v) is 7.41. The van der Waals surface area contributed by atoms with Crippen LogP contribution in [0.15, 0.2) is 24.5 Å². The summed E-state index contributed by atoms with van der Waals surface area (Å²) in [4.78, 5) is 4.29. The fourth-order valence-electron chi connectivity index (χ4n) is 1.58. The van der Waals surface area contributed by atoms with Crippen LogP contribution >= 0.6 is 0 Å². The van der Waals surface area contributed by atoms with E-state index in [4.69, 9.17) is 0 Å². The average molecular weight is 160 g/mol. The molecule has 0 radical (unpaired) electrons. The number of aryl methyl sites for hydroxylation is 2. The summed E-state index contributed by atoms with van der Waals surface area (Å²) in [5.74, 6) is 0.